The van der Waals surface area contributed by atoms with Gasteiger partial charge in [-0.2, -0.15) is 0 Å². The van der Waals surface area contributed by atoms with Crippen molar-refractivity contribution in [3.63, 3.8) is 0 Å². The Morgan fingerprint density at radius 2 is 1.89 bits per heavy atom. The Hall–Kier alpha value is -2.58. The number of nitrogens with zero attached hydrogens (tertiary/aromatic N) is 1. The highest BCUT2D eigenvalue weighted by Crippen LogP contribution is 2.31. The standard InChI is InChI=1S/C25H27ClN2/c1-4-8-17(2)19-9-7-10-20(14-19)22-15-21(25(27)28-16-22)13-18(3)23-11-5-6-12-24(23)26/h5-12,14-16,18H,4,13H2,1-3H3,(H2,27,28). The molecule has 0 radical (unpaired) electrons. The van der Waals surface area contributed by atoms with Gasteiger partial charge in [-0.15, -0.1) is 0 Å². The van der Waals surface area contributed by atoms with Crippen LogP contribution in [0, 0.1) is 0 Å². The SMILES string of the molecule is CCC=C(C)c1cccc(-c2cnc(N)c(CC(C)c3ccccc3Cl)c2)c1. The van der Waals surface area contributed by atoms with E-state index < -0.39 is 0 Å². The highest BCUT2D eigenvalue weighted by Gasteiger charge is 2.13. The Bertz CT molecular complexity index is 991. The molecule has 0 aliphatic rings. The van der Waals surface area contributed by atoms with Gasteiger partial charge in [0.15, 0.2) is 0 Å². The number of hydrogen-bond acceptors (Lipinski definition) is 2. The zero-order valence-corrected chi connectivity index (χ0v) is 17.5. The molecule has 1 unspecified atom stereocenters. The van der Waals surface area contributed by atoms with Gasteiger partial charge in [0.1, 0.15) is 5.82 Å². The summed E-state index contributed by atoms with van der Waals surface area (Å²) in [4.78, 5) is 4.47. The van der Waals surface area contributed by atoms with Gasteiger partial charge in [-0.05, 0) is 71.7 Å². The molecule has 144 valence electrons. The van der Waals surface area contributed by atoms with Crippen LogP contribution in [0.15, 0.2) is 66.9 Å². The average molecular weight is 391 g/mol. The lowest BCUT2D eigenvalue weighted by atomic mass is 9.92. The fourth-order valence-corrected chi connectivity index (χ4v) is 3.85. The molecule has 0 aliphatic heterocycles. The van der Waals surface area contributed by atoms with E-state index in [9.17, 15) is 0 Å². The van der Waals surface area contributed by atoms with E-state index in [2.05, 4.69) is 68.2 Å². The number of rotatable bonds is 6. The van der Waals surface area contributed by atoms with Crippen LogP contribution in [-0.4, -0.2) is 4.98 Å². The number of benzene rings is 2. The number of nitrogen functional groups attached to an aromatic ring is 1. The van der Waals surface area contributed by atoms with Crippen LogP contribution in [-0.2, 0) is 6.42 Å². The van der Waals surface area contributed by atoms with Crippen LogP contribution in [0.1, 0.15) is 49.8 Å². The third-order valence-corrected chi connectivity index (χ3v) is 5.47. The lowest BCUT2D eigenvalue weighted by molar-refractivity contribution is 0.759. The van der Waals surface area contributed by atoms with Crippen molar-refractivity contribution in [1.82, 2.24) is 4.98 Å². The molecule has 1 aromatic heterocycles. The fourth-order valence-electron chi connectivity index (χ4n) is 3.52. The van der Waals surface area contributed by atoms with Gasteiger partial charge in [-0.1, -0.05) is 67.9 Å². The van der Waals surface area contributed by atoms with Crippen LogP contribution in [0.2, 0.25) is 5.02 Å². The molecule has 3 heteroatoms. The first-order valence-corrected chi connectivity index (χ1v) is 10.1. The Kier molecular flexibility index (Phi) is 6.53. The molecule has 2 nitrogen and oxygen atoms in total. The molecular weight excluding hydrogens is 364 g/mol. The maximum absolute atomic E-state index is 6.37. The topological polar surface area (TPSA) is 38.9 Å². The monoisotopic (exact) mass is 390 g/mol. The van der Waals surface area contributed by atoms with Gasteiger partial charge in [0.25, 0.3) is 0 Å². The summed E-state index contributed by atoms with van der Waals surface area (Å²) in [7, 11) is 0. The van der Waals surface area contributed by atoms with E-state index in [0.29, 0.717) is 5.82 Å². The molecule has 0 amide bonds. The zero-order chi connectivity index (χ0) is 20.1. The zero-order valence-electron chi connectivity index (χ0n) is 16.7. The van der Waals surface area contributed by atoms with Crippen molar-refractivity contribution in [3.8, 4) is 11.1 Å². The average Bonchev–Trinajstić information content (AvgIpc) is 2.70. The van der Waals surface area contributed by atoms with Gasteiger partial charge in [-0.3, -0.25) is 0 Å². The quantitative estimate of drug-likeness (QED) is 0.485. The molecule has 0 saturated heterocycles. The first-order chi connectivity index (χ1) is 13.5. The molecule has 2 aromatic carbocycles. The number of allylic oxidation sites excluding steroid dienone is 2. The van der Waals surface area contributed by atoms with E-state index in [1.54, 1.807) is 0 Å². The molecule has 0 spiro atoms. The summed E-state index contributed by atoms with van der Waals surface area (Å²) in [5, 5.41) is 0.795. The molecule has 0 fully saturated rings. The smallest absolute Gasteiger partial charge is 0.126 e. The minimum atomic E-state index is 0.258. The Labute approximate surface area is 173 Å². The summed E-state index contributed by atoms with van der Waals surface area (Å²) in [6.45, 7) is 6.48. The van der Waals surface area contributed by atoms with Crippen LogP contribution in [0.5, 0.6) is 0 Å². The van der Waals surface area contributed by atoms with Gasteiger partial charge in [0.05, 0.1) is 0 Å². The number of halogens is 1. The third-order valence-electron chi connectivity index (χ3n) is 5.13. The number of aromatic nitrogens is 1. The molecule has 28 heavy (non-hydrogen) atoms. The number of anilines is 1. The Balaban J connectivity index is 1.91. The van der Waals surface area contributed by atoms with Crippen LogP contribution in [0.25, 0.3) is 16.7 Å². The highest BCUT2D eigenvalue weighted by atomic mass is 35.5. The van der Waals surface area contributed by atoms with Crippen molar-refractivity contribution in [2.75, 3.05) is 5.73 Å². The predicted molar refractivity (Wildman–Crippen MR) is 122 cm³/mol. The van der Waals surface area contributed by atoms with Crippen molar-refractivity contribution in [2.45, 2.75) is 39.5 Å². The van der Waals surface area contributed by atoms with Crippen molar-refractivity contribution >= 4 is 23.0 Å². The largest absolute Gasteiger partial charge is 0.383 e. The number of hydrogen-bond donors (Lipinski definition) is 1. The van der Waals surface area contributed by atoms with Gasteiger partial charge >= 0.3 is 0 Å². The van der Waals surface area contributed by atoms with Crippen LogP contribution in [0.3, 0.4) is 0 Å². The molecule has 0 bridgehead atoms. The lowest BCUT2D eigenvalue weighted by Gasteiger charge is -2.16. The van der Waals surface area contributed by atoms with E-state index >= 15 is 0 Å². The second-order valence-corrected chi connectivity index (χ2v) is 7.68. The molecule has 0 saturated carbocycles. The molecule has 2 N–H and O–H groups in total. The molecule has 3 rings (SSSR count). The summed E-state index contributed by atoms with van der Waals surface area (Å²) in [6.07, 6.45) is 5.93. The van der Waals surface area contributed by atoms with Gasteiger partial charge < -0.3 is 5.73 Å². The minimum Gasteiger partial charge on any atom is -0.383 e. The molecular formula is C25H27ClN2. The third kappa shape index (κ3) is 4.63. The second kappa shape index (κ2) is 9.07. The summed E-state index contributed by atoms with van der Waals surface area (Å²) < 4.78 is 0. The minimum absolute atomic E-state index is 0.258. The van der Waals surface area contributed by atoms with E-state index in [1.807, 2.05) is 24.4 Å². The first kappa shape index (κ1) is 20.2. The molecule has 1 atom stereocenters. The van der Waals surface area contributed by atoms with Crippen molar-refractivity contribution in [3.05, 3.63) is 88.6 Å². The van der Waals surface area contributed by atoms with Gasteiger partial charge in [-0.25, -0.2) is 4.98 Å². The molecule has 3 aromatic rings. The van der Waals surface area contributed by atoms with Crippen LogP contribution >= 0.6 is 11.6 Å². The van der Waals surface area contributed by atoms with Crippen molar-refractivity contribution < 1.29 is 0 Å². The van der Waals surface area contributed by atoms with Crippen LogP contribution < -0.4 is 5.73 Å². The molecule has 1 heterocycles. The lowest BCUT2D eigenvalue weighted by Crippen LogP contribution is -2.04. The van der Waals surface area contributed by atoms with E-state index in [1.165, 1.54) is 11.1 Å². The predicted octanol–water partition coefficient (Wildman–Crippen LogP) is 7.14. The van der Waals surface area contributed by atoms with Crippen molar-refractivity contribution in [1.29, 1.82) is 0 Å². The maximum Gasteiger partial charge on any atom is 0.126 e. The van der Waals surface area contributed by atoms with Crippen molar-refractivity contribution in [2.24, 2.45) is 0 Å². The second-order valence-electron chi connectivity index (χ2n) is 7.27. The van der Waals surface area contributed by atoms with E-state index in [-0.39, 0.29) is 5.92 Å². The Morgan fingerprint density at radius 1 is 1.11 bits per heavy atom. The molecule has 0 aliphatic carbocycles. The summed E-state index contributed by atoms with van der Waals surface area (Å²) in [5.74, 6) is 0.843. The maximum atomic E-state index is 6.37. The Morgan fingerprint density at radius 3 is 2.64 bits per heavy atom. The van der Waals surface area contributed by atoms with Gasteiger partial charge in [0.2, 0.25) is 0 Å². The first-order valence-electron chi connectivity index (χ1n) is 9.76. The van der Waals surface area contributed by atoms with E-state index in [0.717, 1.165) is 40.1 Å². The normalized spacial score (nSPS) is 12.8. The summed E-state index contributed by atoms with van der Waals surface area (Å²) in [6, 6.07) is 18.7. The number of nitrogens with two attached hydrogens (primary N) is 1. The van der Waals surface area contributed by atoms with E-state index in [4.69, 9.17) is 17.3 Å². The summed E-state index contributed by atoms with van der Waals surface area (Å²) >= 11 is 6.37. The highest BCUT2D eigenvalue weighted by molar-refractivity contribution is 6.31. The van der Waals surface area contributed by atoms with Gasteiger partial charge in [0, 0.05) is 16.8 Å². The number of pyridine rings is 1. The van der Waals surface area contributed by atoms with Crippen LogP contribution in [0.4, 0.5) is 5.82 Å². The fraction of sp³-hybridized carbons (Fsp3) is 0.240. The summed E-state index contributed by atoms with van der Waals surface area (Å²) in [5.41, 5.74) is 13.2.